The fourth-order valence-corrected chi connectivity index (χ4v) is 0.700. The molecule has 0 spiro atoms. The zero-order valence-electron chi connectivity index (χ0n) is 7.76. The summed E-state index contributed by atoms with van der Waals surface area (Å²) in [4.78, 5) is 0. The summed E-state index contributed by atoms with van der Waals surface area (Å²) in [5.74, 6) is 0. The Kier molecular flexibility index (Phi) is 6.51. The predicted molar refractivity (Wildman–Crippen MR) is 47.6 cm³/mol. The topological polar surface area (TPSA) is 47.3 Å². The first kappa shape index (κ1) is 10.9. The smallest absolute Gasteiger partial charge is 0.0667 e. The van der Waals surface area contributed by atoms with Gasteiger partial charge in [0.2, 0.25) is 0 Å². The maximum Gasteiger partial charge on any atom is 0.0667 e. The Morgan fingerprint density at radius 2 is 2.09 bits per heavy atom. The van der Waals surface area contributed by atoms with E-state index in [4.69, 9.17) is 10.5 Å². The van der Waals surface area contributed by atoms with E-state index in [-0.39, 0.29) is 12.1 Å². The van der Waals surface area contributed by atoms with Crippen LogP contribution in [0.4, 0.5) is 0 Å². The quantitative estimate of drug-likeness (QED) is 0.589. The third-order valence-electron chi connectivity index (χ3n) is 1.77. The molecule has 0 rings (SSSR count). The zero-order chi connectivity index (χ0) is 8.69. The molecule has 0 aromatic rings. The second kappa shape index (κ2) is 6.58. The molecule has 3 N–H and O–H groups in total. The fraction of sp³-hybridized carbons (Fsp3) is 1.00. The highest BCUT2D eigenvalue weighted by atomic mass is 16.5. The average molecular weight is 160 g/mol. The van der Waals surface area contributed by atoms with Crippen LogP contribution in [0.3, 0.4) is 0 Å². The van der Waals surface area contributed by atoms with Crippen molar-refractivity contribution in [1.82, 2.24) is 5.32 Å². The lowest BCUT2D eigenvalue weighted by atomic mass is 10.2. The SMILES string of the molecule is CCC(N)CNCC(C)OC. The summed E-state index contributed by atoms with van der Waals surface area (Å²) in [6.07, 6.45) is 1.30. The van der Waals surface area contributed by atoms with Gasteiger partial charge in [0, 0.05) is 26.2 Å². The van der Waals surface area contributed by atoms with E-state index in [1.165, 1.54) is 0 Å². The minimum Gasteiger partial charge on any atom is -0.380 e. The second-order valence-corrected chi connectivity index (χ2v) is 2.87. The Hall–Kier alpha value is -0.120. The summed E-state index contributed by atoms with van der Waals surface area (Å²) in [7, 11) is 1.71. The van der Waals surface area contributed by atoms with Crippen LogP contribution in [0.5, 0.6) is 0 Å². The number of hydrogen-bond acceptors (Lipinski definition) is 3. The van der Waals surface area contributed by atoms with E-state index in [1.54, 1.807) is 7.11 Å². The molecule has 2 atom stereocenters. The van der Waals surface area contributed by atoms with Gasteiger partial charge in [-0.2, -0.15) is 0 Å². The van der Waals surface area contributed by atoms with Gasteiger partial charge < -0.3 is 15.8 Å². The molecule has 0 saturated carbocycles. The number of nitrogens with one attached hydrogen (secondary N) is 1. The third kappa shape index (κ3) is 6.28. The molecule has 11 heavy (non-hydrogen) atoms. The molecule has 0 aliphatic carbocycles. The molecule has 0 aromatic heterocycles. The van der Waals surface area contributed by atoms with Crippen molar-refractivity contribution in [3.63, 3.8) is 0 Å². The van der Waals surface area contributed by atoms with Crippen molar-refractivity contribution in [2.24, 2.45) is 5.73 Å². The Morgan fingerprint density at radius 1 is 1.45 bits per heavy atom. The van der Waals surface area contributed by atoms with E-state index in [0.29, 0.717) is 0 Å². The second-order valence-electron chi connectivity index (χ2n) is 2.87. The summed E-state index contributed by atoms with van der Waals surface area (Å²) in [6.45, 7) is 5.88. The van der Waals surface area contributed by atoms with Gasteiger partial charge in [0.15, 0.2) is 0 Å². The molecule has 3 heteroatoms. The van der Waals surface area contributed by atoms with Gasteiger partial charge >= 0.3 is 0 Å². The van der Waals surface area contributed by atoms with Crippen molar-refractivity contribution in [2.45, 2.75) is 32.4 Å². The van der Waals surface area contributed by atoms with Crippen LogP contribution in [-0.2, 0) is 4.74 Å². The van der Waals surface area contributed by atoms with Gasteiger partial charge in [-0.05, 0) is 13.3 Å². The number of rotatable bonds is 6. The molecule has 0 aromatic carbocycles. The molecule has 0 heterocycles. The van der Waals surface area contributed by atoms with Crippen LogP contribution in [0.1, 0.15) is 20.3 Å². The molecular weight excluding hydrogens is 140 g/mol. The first-order valence-corrected chi connectivity index (χ1v) is 4.19. The van der Waals surface area contributed by atoms with Gasteiger partial charge in [-0.1, -0.05) is 6.92 Å². The summed E-state index contributed by atoms with van der Waals surface area (Å²) < 4.78 is 5.06. The molecular formula is C8H20N2O. The lowest BCUT2D eigenvalue weighted by Crippen LogP contribution is -2.36. The normalized spacial score (nSPS) is 16.4. The average Bonchev–Trinajstić information content (AvgIpc) is 2.04. The molecule has 0 bridgehead atoms. The van der Waals surface area contributed by atoms with Gasteiger partial charge in [0.05, 0.1) is 6.10 Å². The molecule has 0 aliphatic heterocycles. The molecule has 3 nitrogen and oxygen atoms in total. The van der Waals surface area contributed by atoms with E-state index in [2.05, 4.69) is 12.2 Å². The molecule has 68 valence electrons. The fourth-order valence-electron chi connectivity index (χ4n) is 0.700. The lowest BCUT2D eigenvalue weighted by molar-refractivity contribution is 0.117. The first-order chi connectivity index (χ1) is 5.20. The molecule has 0 radical (unpaired) electrons. The summed E-state index contributed by atoms with van der Waals surface area (Å²) >= 11 is 0. The van der Waals surface area contributed by atoms with Crippen molar-refractivity contribution in [3.05, 3.63) is 0 Å². The van der Waals surface area contributed by atoms with Crippen molar-refractivity contribution >= 4 is 0 Å². The van der Waals surface area contributed by atoms with Crippen LogP contribution < -0.4 is 11.1 Å². The monoisotopic (exact) mass is 160 g/mol. The lowest BCUT2D eigenvalue weighted by Gasteiger charge is -2.13. The molecule has 0 aliphatic rings. The number of hydrogen-bond donors (Lipinski definition) is 2. The third-order valence-corrected chi connectivity index (χ3v) is 1.77. The number of nitrogens with two attached hydrogens (primary N) is 1. The highest BCUT2D eigenvalue weighted by Gasteiger charge is 2.00. The molecule has 0 fully saturated rings. The van der Waals surface area contributed by atoms with Crippen LogP contribution in [-0.4, -0.2) is 32.3 Å². The van der Waals surface area contributed by atoms with Crippen LogP contribution in [0, 0.1) is 0 Å². The van der Waals surface area contributed by atoms with Gasteiger partial charge in [0.1, 0.15) is 0 Å². The van der Waals surface area contributed by atoms with E-state index >= 15 is 0 Å². The van der Waals surface area contributed by atoms with Crippen molar-refractivity contribution in [1.29, 1.82) is 0 Å². The number of ether oxygens (including phenoxy) is 1. The van der Waals surface area contributed by atoms with Crippen LogP contribution >= 0.6 is 0 Å². The standard InChI is InChI=1S/C8H20N2O/c1-4-8(9)6-10-5-7(2)11-3/h7-8,10H,4-6,9H2,1-3H3. The van der Waals surface area contributed by atoms with Gasteiger partial charge in [-0.15, -0.1) is 0 Å². The Bertz CT molecular complexity index is 78.2. The van der Waals surface area contributed by atoms with Crippen LogP contribution in [0.15, 0.2) is 0 Å². The van der Waals surface area contributed by atoms with E-state index < -0.39 is 0 Å². The minimum absolute atomic E-state index is 0.277. The van der Waals surface area contributed by atoms with Crippen molar-refractivity contribution in [2.75, 3.05) is 20.2 Å². The first-order valence-electron chi connectivity index (χ1n) is 4.19. The number of methoxy groups -OCH3 is 1. The largest absolute Gasteiger partial charge is 0.380 e. The van der Waals surface area contributed by atoms with Crippen LogP contribution in [0.2, 0.25) is 0 Å². The highest BCUT2D eigenvalue weighted by Crippen LogP contribution is 1.86. The highest BCUT2D eigenvalue weighted by molar-refractivity contribution is 4.63. The van der Waals surface area contributed by atoms with Gasteiger partial charge in [-0.25, -0.2) is 0 Å². The minimum atomic E-state index is 0.277. The van der Waals surface area contributed by atoms with Gasteiger partial charge in [0.25, 0.3) is 0 Å². The molecule has 0 amide bonds. The van der Waals surface area contributed by atoms with E-state index in [0.717, 1.165) is 19.5 Å². The van der Waals surface area contributed by atoms with E-state index in [1.807, 2.05) is 6.92 Å². The predicted octanol–water partition coefficient (Wildman–Crippen LogP) is 0.348. The Balaban J connectivity index is 3.13. The Morgan fingerprint density at radius 3 is 2.55 bits per heavy atom. The molecule has 2 unspecified atom stereocenters. The van der Waals surface area contributed by atoms with Crippen molar-refractivity contribution < 1.29 is 4.74 Å². The van der Waals surface area contributed by atoms with Gasteiger partial charge in [-0.3, -0.25) is 0 Å². The maximum atomic E-state index is 5.70. The maximum absolute atomic E-state index is 5.70. The summed E-state index contributed by atoms with van der Waals surface area (Å²) in [5.41, 5.74) is 5.70. The molecule has 0 saturated heterocycles. The Labute approximate surface area is 69.3 Å². The zero-order valence-corrected chi connectivity index (χ0v) is 7.76. The summed E-state index contributed by atoms with van der Waals surface area (Å²) in [6, 6.07) is 0.277. The van der Waals surface area contributed by atoms with E-state index in [9.17, 15) is 0 Å². The van der Waals surface area contributed by atoms with Crippen LogP contribution in [0.25, 0.3) is 0 Å². The summed E-state index contributed by atoms with van der Waals surface area (Å²) in [5, 5.41) is 3.24. The van der Waals surface area contributed by atoms with Crippen molar-refractivity contribution in [3.8, 4) is 0 Å².